The van der Waals surface area contributed by atoms with E-state index in [4.69, 9.17) is 4.74 Å². The maximum Gasteiger partial charge on any atom is 0.0474 e. The summed E-state index contributed by atoms with van der Waals surface area (Å²) in [7, 11) is 3.99. The Balaban J connectivity index is 1.92. The van der Waals surface area contributed by atoms with E-state index in [1.165, 1.54) is 45.3 Å². The first-order chi connectivity index (χ1) is 7.83. The van der Waals surface area contributed by atoms with E-state index in [1.807, 2.05) is 0 Å². The number of hydrogen-bond donors (Lipinski definition) is 1. The summed E-state index contributed by atoms with van der Waals surface area (Å²) >= 11 is 0. The fourth-order valence-corrected chi connectivity index (χ4v) is 2.41. The first-order valence-electron chi connectivity index (χ1n) is 6.71. The van der Waals surface area contributed by atoms with Gasteiger partial charge in [0.05, 0.1) is 0 Å². The zero-order valence-electron chi connectivity index (χ0n) is 11.0. The molecule has 3 heteroatoms. The lowest BCUT2D eigenvalue weighted by Crippen LogP contribution is -2.30. The van der Waals surface area contributed by atoms with E-state index in [0.29, 0.717) is 0 Å². The van der Waals surface area contributed by atoms with Crippen LogP contribution in [0.5, 0.6) is 0 Å². The van der Waals surface area contributed by atoms with Crippen molar-refractivity contribution in [2.75, 3.05) is 46.9 Å². The molecule has 0 amide bonds. The topological polar surface area (TPSA) is 24.5 Å². The van der Waals surface area contributed by atoms with E-state index < -0.39 is 0 Å². The predicted molar refractivity (Wildman–Crippen MR) is 68.8 cm³/mol. The Morgan fingerprint density at radius 1 is 1.31 bits per heavy atom. The van der Waals surface area contributed by atoms with Crippen LogP contribution in [0.3, 0.4) is 0 Å². The van der Waals surface area contributed by atoms with Gasteiger partial charge in [-0.05, 0) is 64.7 Å². The highest BCUT2D eigenvalue weighted by atomic mass is 16.5. The first-order valence-corrected chi connectivity index (χ1v) is 6.71. The molecule has 1 rings (SSSR count). The van der Waals surface area contributed by atoms with Gasteiger partial charge in [-0.1, -0.05) is 0 Å². The number of methoxy groups -OCH3 is 1. The molecule has 0 spiro atoms. The highest BCUT2D eigenvalue weighted by Gasteiger charge is 2.12. The van der Waals surface area contributed by atoms with Crippen molar-refractivity contribution in [2.45, 2.75) is 32.1 Å². The molecule has 0 saturated carbocycles. The second-order valence-corrected chi connectivity index (χ2v) is 5.00. The van der Waals surface area contributed by atoms with Crippen molar-refractivity contribution in [3.8, 4) is 0 Å². The summed E-state index contributed by atoms with van der Waals surface area (Å²) in [6.07, 6.45) is 6.68. The minimum absolute atomic E-state index is 0.886. The molecule has 1 atom stereocenters. The lowest BCUT2D eigenvalue weighted by atomic mass is 9.95. The molecule has 1 unspecified atom stereocenters. The second kappa shape index (κ2) is 8.97. The molecule has 0 aliphatic carbocycles. The smallest absolute Gasteiger partial charge is 0.0474 e. The number of ether oxygens (including phenoxy) is 1. The third-order valence-electron chi connectivity index (χ3n) is 3.44. The van der Waals surface area contributed by atoms with Crippen LogP contribution < -0.4 is 5.32 Å². The molecular weight excluding hydrogens is 200 g/mol. The van der Waals surface area contributed by atoms with Gasteiger partial charge in [0.2, 0.25) is 0 Å². The lowest BCUT2D eigenvalue weighted by molar-refractivity contribution is 0.178. The van der Waals surface area contributed by atoms with Gasteiger partial charge in [-0.15, -0.1) is 0 Å². The second-order valence-electron chi connectivity index (χ2n) is 5.00. The van der Waals surface area contributed by atoms with Gasteiger partial charge in [0.1, 0.15) is 0 Å². The van der Waals surface area contributed by atoms with Crippen molar-refractivity contribution in [1.29, 1.82) is 0 Å². The van der Waals surface area contributed by atoms with Gasteiger partial charge in [0.25, 0.3) is 0 Å². The van der Waals surface area contributed by atoms with Crippen molar-refractivity contribution in [1.82, 2.24) is 10.2 Å². The Kier molecular flexibility index (Phi) is 7.81. The zero-order chi connectivity index (χ0) is 11.6. The summed E-state index contributed by atoms with van der Waals surface area (Å²) in [6, 6.07) is 0. The van der Waals surface area contributed by atoms with Crippen LogP contribution in [0.25, 0.3) is 0 Å². The monoisotopic (exact) mass is 228 g/mol. The van der Waals surface area contributed by atoms with Crippen LogP contribution in [0.4, 0.5) is 0 Å². The van der Waals surface area contributed by atoms with Gasteiger partial charge in [-0.3, -0.25) is 0 Å². The third kappa shape index (κ3) is 6.46. The van der Waals surface area contributed by atoms with Gasteiger partial charge in [-0.25, -0.2) is 0 Å². The summed E-state index contributed by atoms with van der Waals surface area (Å²) in [5.41, 5.74) is 0. The molecule has 0 aromatic rings. The number of piperidine rings is 1. The fourth-order valence-electron chi connectivity index (χ4n) is 2.41. The molecular formula is C13H28N2O. The molecule has 1 aliphatic heterocycles. The van der Waals surface area contributed by atoms with Gasteiger partial charge in [0, 0.05) is 20.3 Å². The summed E-state index contributed by atoms with van der Waals surface area (Å²) in [5, 5.41) is 3.48. The Bertz CT molecular complexity index is 158. The van der Waals surface area contributed by atoms with Crippen molar-refractivity contribution >= 4 is 0 Å². The Morgan fingerprint density at radius 2 is 2.12 bits per heavy atom. The molecule has 0 aromatic carbocycles. The van der Waals surface area contributed by atoms with Crippen LogP contribution in [-0.2, 0) is 4.74 Å². The van der Waals surface area contributed by atoms with Crippen molar-refractivity contribution in [3.63, 3.8) is 0 Å². The van der Waals surface area contributed by atoms with E-state index in [0.717, 1.165) is 25.5 Å². The van der Waals surface area contributed by atoms with Gasteiger partial charge in [0.15, 0.2) is 0 Å². The summed E-state index contributed by atoms with van der Waals surface area (Å²) < 4.78 is 5.06. The maximum atomic E-state index is 5.06. The van der Waals surface area contributed by atoms with E-state index >= 15 is 0 Å². The van der Waals surface area contributed by atoms with Crippen LogP contribution in [0, 0.1) is 5.92 Å². The quantitative estimate of drug-likeness (QED) is 0.640. The molecule has 96 valence electrons. The average Bonchev–Trinajstić information content (AvgIpc) is 2.31. The molecule has 16 heavy (non-hydrogen) atoms. The summed E-state index contributed by atoms with van der Waals surface area (Å²) in [6.45, 7) is 5.76. The average molecular weight is 228 g/mol. The van der Waals surface area contributed by atoms with Gasteiger partial charge in [-0.2, -0.15) is 0 Å². The van der Waals surface area contributed by atoms with Crippen LogP contribution in [0.2, 0.25) is 0 Å². The van der Waals surface area contributed by atoms with Crippen molar-refractivity contribution < 1.29 is 4.74 Å². The van der Waals surface area contributed by atoms with Gasteiger partial charge < -0.3 is 15.0 Å². The minimum atomic E-state index is 0.886. The van der Waals surface area contributed by atoms with Crippen molar-refractivity contribution in [3.05, 3.63) is 0 Å². The largest absolute Gasteiger partial charge is 0.385 e. The molecule has 0 radical (unpaired) electrons. The number of hydrogen-bond acceptors (Lipinski definition) is 3. The summed E-state index contributed by atoms with van der Waals surface area (Å²) in [4.78, 5) is 2.43. The molecule has 1 N–H and O–H groups in total. The summed E-state index contributed by atoms with van der Waals surface area (Å²) in [5.74, 6) is 0.932. The Hall–Kier alpha value is -0.120. The van der Waals surface area contributed by atoms with Crippen LogP contribution in [0.1, 0.15) is 32.1 Å². The molecule has 1 fully saturated rings. The maximum absolute atomic E-state index is 5.06. The lowest BCUT2D eigenvalue weighted by Gasteiger charge is -2.23. The van der Waals surface area contributed by atoms with E-state index in [1.54, 1.807) is 7.11 Å². The minimum Gasteiger partial charge on any atom is -0.385 e. The highest BCUT2D eigenvalue weighted by molar-refractivity contribution is 4.69. The normalized spacial score (nSPS) is 21.6. The molecule has 1 saturated heterocycles. The molecule has 0 aromatic heterocycles. The Labute approximate surface area is 101 Å². The first kappa shape index (κ1) is 13.9. The molecule has 3 nitrogen and oxygen atoms in total. The molecule has 1 heterocycles. The van der Waals surface area contributed by atoms with Crippen LogP contribution in [-0.4, -0.2) is 51.8 Å². The van der Waals surface area contributed by atoms with Crippen molar-refractivity contribution in [2.24, 2.45) is 5.92 Å². The zero-order valence-corrected chi connectivity index (χ0v) is 11.0. The molecule has 1 aliphatic rings. The third-order valence-corrected chi connectivity index (χ3v) is 3.44. The molecule has 0 bridgehead atoms. The number of nitrogens with zero attached hydrogens (tertiary/aromatic N) is 1. The Morgan fingerprint density at radius 3 is 2.81 bits per heavy atom. The SMILES string of the molecule is COCCCN(C)CCCC1CCCNC1. The fraction of sp³-hybridized carbons (Fsp3) is 1.00. The van der Waals surface area contributed by atoms with E-state index in [2.05, 4.69) is 17.3 Å². The van der Waals surface area contributed by atoms with Crippen LogP contribution >= 0.6 is 0 Å². The number of rotatable bonds is 8. The van der Waals surface area contributed by atoms with Gasteiger partial charge >= 0.3 is 0 Å². The highest BCUT2D eigenvalue weighted by Crippen LogP contribution is 2.15. The number of nitrogens with one attached hydrogen (secondary N) is 1. The predicted octanol–water partition coefficient (Wildman–Crippen LogP) is 1.73. The van der Waals surface area contributed by atoms with Crippen LogP contribution in [0.15, 0.2) is 0 Å². The van der Waals surface area contributed by atoms with E-state index in [9.17, 15) is 0 Å². The van der Waals surface area contributed by atoms with E-state index in [-0.39, 0.29) is 0 Å². The standard InChI is InChI=1S/C13H28N2O/c1-15(10-5-11-16-2)9-4-7-13-6-3-8-14-12-13/h13-14H,3-12H2,1-2H3.